The summed E-state index contributed by atoms with van der Waals surface area (Å²) in [5.41, 5.74) is -0.826. The van der Waals surface area contributed by atoms with Gasteiger partial charge >= 0.3 is 5.97 Å². The van der Waals surface area contributed by atoms with Gasteiger partial charge in [0.05, 0.1) is 12.0 Å². The summed E-state index contributed by atoms with van der Waals surface area (Å²) < 4.78 is 31.9. The van der Waals surface area contributed by atoms with E-state index in [0.717, 1.165) is 19.3 Å². The zero-order valence-corrected chi connectivity index (χ0v) is 18.5. The summed E-state index contributed by atoms with van der Waals surface area (Å²) in [4.78, 5) is 30.4. The van der Waals surface area contributed by atoms with E-state index in [1.54, 1.807) is 13.1 Å². The fourth-order valence-electron chi connectivity index (χ4n) is 4.23. The van der Waals surface area contributed by atoms with Crippen LogP contribution in [0.5, 0.6) is 0 Å². The number of nitriles is 1. The molecule has 2 heterocycles. The third kappa shape index (κ3) is 5.05. The van der Waals surface area contributed by atoms with E-state index in [0.29, 0.717) is 25.7 Å². The number of carbonyl (C=O) groups is 2. The van der Waals surface area contributed by atoms with Crippen LogP contribution in [0.2, 0.25) is 0 Å². The van der Waals surface area contributed by atoms with Crippen molar-refractivity contribution in [2.24, 2.45) is 5.92 Å². The number of carbonyl (C=O) groups excluding carboxylic acids is 2. The van der Waals surface area contributed by atoms with Crippen molar-refractivity contribution in [3.05, 3.63) is 24.5 Å². The van der Waals surface area contributed by atoms with E-state index in [1.807, 2.05) is 0 Å². The smallest absolute Gasteiger partial charge is 0.309 e. The number of piperidine rings is 1. The number of ether oxygens (including phenoxy) is 1. The summed E-state index contributed by atoms with van der Waals surface area (Å²) in [6, 6.07) is 5.33. The molecule has 0 atom stereocenters. The Morgan fingerprint density at radius 2 is 1.97 bits per heavy atom. The molecule has 0 bridgehead atoms. The maximum atomic E-state index is 12.7. The monoisotopic (exact) mass is 448 g/mol. The molecule has 31 heavy (non-hydrogen) atoms. The van der Waals surface area contributed by atoms with Crippen LogP contribution in [0, 0.1) is 17.2 Å². The zero-order chi connectivity index (χ0) is 22.5. The average Bonchev–Trinajstić information content (AvgIpc) is 2.82. The minimum atomic E-state index is -3.64. The standard InChI is InChI=1S/C21H28N4O5S/c1-24(21(16-22)9-3-2-4-10-21)19(26)15-30-20(27)17-7-12-25(13-8-17)31(28,29)18-6-5-11-23-14-18/h5-6,11,14,17H,2-4,7-10,12-13,15H2,1H3. The second kappa shape index (κ2) is 9.75. The van der Waals surface area contributed by atoms with Gasteiger partial charge < -0.3 is 9.64 Å². The fourth-order valence-corrected chi connectivity index (χ4v) is 5.66. The molecule has 0 spiro atoms. The van der Waals surface area contributed by atoms with Gasteiger partial charge in [0.1, 0.15) is 10.4 Å². The van der Waals surface area contributed by atoms with Crippen molar-refractivity contribution in [3.8, 4) is 6.07 Å². The number of pyridine rings is 1. The Bertz CT molecular complexity index is 930. The first-order chi connectivity index (χ1) is 14.8. The van der Waals surface area contributed by atoms with Crippen LogP contribution in [0.25, 0.3) is 0 Å². The molecule has 1 aromatic heterocycles. The van der Waals surface area contributed by atoms with Gasteiger partial charge in [0.15, 0.2) is 6.61 Å². The Labute approximate surface area is 183 Å². The summed E-state index contributed by atoms with van der Waals surface area (Å²) in [5, 5.41) is 9.61. The molecule has 2 fully saturated rings. The van der Waals surface area contributed by atoms with E-state index in [-0.39, 0.29) is 18.0 Å². The number of aromatic nitrogens is 1. The molecule has 1 amide bonds. The van der Waals surface area contributed by atoms with Gasteiger partial charge in [-0.2, -0.15) is 9.57 Å². The molecule has 1 aromatic rings. The molecule has 0 N–H and O–H groups in total. The van der Waals surface area contributed by atoms with E-state index in [9.17, 15) is 23.3 Å². The van der Waals surface area contributed by atoms with Crippen molar-refractivity contribution in [2.75, 3.05) is 26.7 Å². The third-order valence-corrected chi connectivity index (χ3v) is 8.18. The van der Waals surface area contributed by atoms with Gasteiger partial charge in [-0.1, -0.05) is 19.3 Å². The van der Waals surface area contributed by atoms with Gasteiger partial charge in [-0.25, -0.2) is 8.42 Å². The topological polar surface area (TPSA) is 121 Å². The van der Waals surface area contributed by atoms with E-state index < -0.39 is 40.0 Å². The molecule has 1 saturated heterocycles. The van der Waals surface area contributed by atoms with Crippen molar-refractivity contribution in [1.29, 1.82) is 5.26 Å². The lowest BCUT2D eigenvalue weighted by molar-refractivity contribution is -0.157. The van der Waals surface area contributed by atoms with E-state index >= 15 is 0 Å². The van der Waals surface area contributed by atoms with Crippen LogP contribution < -0.4 is 0 Å². The molecular weight excluding hydrogens is 420 g/mol. The molecule has 9 nitrogen and oxygen atoms in total. The summed E-state index contributed by atoms with van der Waals surface area (Å²) in [6.07, 6.45) is 7.56. The Kier molecular flexibility index (Phi) is 7.28. The number of likely N-dealkylation sites (N-methyl/N-ethyl adjacent to an activating group) is 1. The first kappa shape index (κ1) is 23.2. The van der Waals surface area contributed by atoms with Crippen LogP contribution in [0.3, 0.4) is 0 Å². The lowest BCUT2D eigenvalue weighted by Gasteiger charge is -2.39. The first-order valence-corrected chi connectivity index (χ1v) is 12.0. The Morgan fingerprint density at radius 1 is 1.29 bits per heavy atom. The maximum absolute atomic E-state index is 12.7. The number of sulfonamides is 1. The molecule has 1 aliphatic heterocycles. The van der Waals surface area contributed by atoms with Gasteiger partial charge in [-0.05, 0) is 37.8 Å². The highest BCUT2D eigenvalue weighted by Crippen LogP contribution is 2.32. The minimum Gasteiger partial charge on any atom is -0.455 e. The van der Waals surface area contributed by atoms with Gasteiger partial charge in [0.25, 0.3) is 5.91 Å². The largest absolute Gasteiger partial charge is 0.455 e. The minimum absolute atomic E-state index is 0.124. The van der Waals surface area contributed by atoms with Gasteiger partial charge in [-0.15, -0.1) is 0 Å². The maximum Gasteiger partial charge on any atom is 0.309 e. The summed E-state index contributed by atoms with van der Waals surface area (Å²) in [6.45, 7) is -0.0161. The molecule has 10 heteroatoms. The second-order valence-corrected chi connectivity index (χ2v) is 10.1. The predicted octanol–water partition coefficient (Wildman–Crippen LogP) is 1.71. The van der Waals surface area contributed by atoms with Gasteiger partial charge in [0, 0.05) is 32.5 Å². The molecular formula is C21H28N4O5S. The van der Waals surface area contributed by atoms with Crippen LogP contribution >= 0.6 is 0 Å². The first-order valence-electron chi connectivity index (χ1n) is 10.5. The Hall–Kier alpha value is -2.51. The van der Waals surface area contributed by atoms with Crippen LogP contribution in [-0.2, 0) is 24.3 Å². The lowest BCUT2D eigenvalue weighted by Crippen LogP contribution is -2.51. The molecule has 3 rings (SSSR count). The summed E-state index contributed by atoms with van der Waals surface area (Å²) in [5.74, 6) is -1.36. The molecule has 0 unspecified atom stereocenters. The number of esters is 1. The SMILES string of the molecule is CN(C(=O)COC(=O)C1CCN(S(=O)(=O)c2cccnc2)CC1)C1(C#N)CCCCC1. The van der Waals surface area contributed by atoms with Gasteiger partial charge in [-0.3, -0.25) is 14.6 Å². The molecule has 0 radical (unpaired) electrons. The molecule has 1 saturated carbocycles. The highest BCUT2D eigenvalue weighted by molar-refractivity contribution is 7.89. The molecule has 1 aliphatic carbocycles. The summed E-state index contributed by atoms with van der Waals surface area (Å²) >= 11 is 0. The lowest BCUT2D eigenvalue weighted by atomic mass is 9.81. The van der Waals surface area contributed by atoms with Crippen molar-refractivity contribution in [2.45, 2.75) is 55.4 Å². The van der Waals surface area contributed by atoms with Crippen molar-refractivity contribution in [3.63, 3.8) is 0 Å². The zero-order valence-electron chi connectivity index (χ0n) is 17.7. The van der Waals surface area contributed by atoms with E-state index in [4.69, 9.17) is 4.74 Å². The van der Waals surface area contributed by atoms with Crippen LogP contribution in [0.1, 0.15) is 44.9 Å². The second-order valence-electron chi connectivity index (χ2n) is 8.13. The van der Waals surface area contributed by atoms with Crippen molar-refractivity contribution >= 4 is 21.9 Å². The Balaban J connectivity index is 1.50. The van der Waals surface area contributed by atoms with E-state index in [1.165, 1.54) is 27.7 Å². The quantitative estimate of drug-likeness (QED) is 0.607. The summed E-state index contributed by atoms with van der Waals surface area (Å²) in [7, 11) is -2.05. The number of amides is 1. The fraction of sp³-hybridized carbons (Fsp3) is 0.619. The number of nitrogens with zero attached hydrogens (tertiary/aromatic N) is 4. The highest BCUT2D eigenvalue weighted by Gasteiger charge is 2.39. The predicted molar refractivity (Wildman–Crippen MR) is 111 cm³/mol. The molecule has 0 aromatic carbocycles. The molecule has 168 valence electrons. The Morgan fingerprint density at radius 3 is 2.55 bits per heavy atom. The third-order valence-electron chi connectivity index (χ3n) is 6.30. The number of rotatable bonds is 6. The van der Waals surface area contributed by atoms with Gasteiger partial charge in [0.2, 0.25) is 10.0 Å². The number of hydrogen-bond acceptors (Lipinski definition) is 7. The normalized spacial score (nSPS) is 19.9. The van der Waals surface area contributed by atoms with Crippen LogP contribution in [-0.4, -0.2) is 66.8 Å². The van der Waals surface area contributed by atoms with E-state index in [2.05, 4.69) is 11.1 Å². The van der Waals surface area contributed by atoms with Crippen LogP contribution in [0.4, 0.5) is 0 Å². The van der Waals surface area contributed by atoms with Crippen molar-refractivity contribution in [1.82, 2.24) is 14.2 Å². The molecule has 2 aliphatic rings. The van der Waals surface area contributed by atoms with Crippen molar-refractivity contribution < 1.29 is 22.7 Å². The average molecular weight is 449 g/mol. The van der Waals surface area contributed by atoms with Crippen LogP contribution in [0.15, 0.2) is 29.4 Å². The number of hydrogen-bond donors (Lipinski definition) is 0. The highest BCUT2D eigenvalue weighted by atomic mass is 32.2.